The van der Waals surface area contributed by atoms with E-state index in [1.54, 1.807) is 0 Å². The third-order valence-corrected chi connectivity index (χ3v) is 2.45. The van der Waals surface area contributed by atoms with E-state index in [0.29, 0.717) is 12.0 Å². The third-order valence-electron chi connectivity index (χ3n) is 2.45. The predicted octanol–water partition coefficient (Wildman–Crippen LogP) is 4.39. The summed E-state index contributed by atoms with van der Waals surface area (Å²) in [6, 6.07) is 0. The van der Waals surface area contributed by atoms with E-state index in [2.05, 4.69) is 48.1 Å². The van der Waals surface area contributed by atoms with Crippen molar-refractivity contribution in [3.8, 4) is 0 Å². The molecule has 0 N–H and O–H groups in total. The maximum absolute atomic E-state index is 5.92. The van der Waals surface area contributed by atoms with Crippen molar-refractivity contribution in [1.82, 2.24) is 0 Å². The van der Waals surface area contributed by atoms with E-state index in [-0.39, 0.29) is 5.41 Å². The summed E-state index contributed by atoms with van der Waals surface area (Å²) in [6.45, 7) is 17.1. The van der Waals surface area contributed by atoms with Crippen LogP contribution in [-0.4, -0.2) is 6.10 Å². The Morgan fingerprint density at radius 2 is 1.79 bits per heavy atom. The van der Waals surface area contributed by atoms with Crippen molar-refractivity contribution in [3.05, 3.63) is 12.3 Å². The second kappa shape index (κ2) is 5.43. The number of hydrogen-bond donors (Lipinski definition) is 0. The lowest BCUT2D eigenvalue weighted by molar-refractivity contribution is 0.0104. The summed E-state index contributed by atoms with van der Waals surface area (Å²) in [4.78, 5) is 0. The van der Waals surface area contributed by atoms with Gasteiger partial charge in [0.25, 0.3) is 0 Å². The van der Waals surface area contributed by atoms with E-state index in [4.69, 9.17) is 4.74 Å². The topological polar surface area (TPSA) is 9.23 Å². The van der Waals surface area contributed by atoms with Crippen LogP contribution in [0, 0.1) is 11.3 Å². The molecular weight excluding hydrogens is 172 g/mol. The minimum absolute atomic E-state index is 0.202. The van der Waals surface area contributed by atoms with Gasteiger partial charge in [-0.05, 0) is 11.8 Å². The highest BCUT2D eigenvalue weighted by atomic mass is 16.5. The fourth-order valence-electron chi connectivity index (χ4n) is 1.25. The molecule has 0 aliphatic rings. The fraction of sp³-hybridized carbons (Fsp3) is 0.846. The van der Waals surface area contributed by atoms with Gasteiger partial charge in [0.15, 0.2) is 0 Å². The van der Waals surface area contributed by atoms with Gasteiger partial charge in [-0.25, -0.2) is 0 Å². The average Bonchev–Trinajstić information content (AvgIpc) is 2.01. The van der Waals surface area contributed by atoms with Gasteiger partial charge in [-0.3, -0.25) is 0 Å². The van der Waals surface area contributed by atoms with Crippen molar-refractivity contribution >= 4 is 0 Å². The standard InChI is InChI=1S/C13H26O/c1-8-9-12(13(5,6)7)14-11(4)10(2)3/h10,12H,4,8-9H2,1-3,5-7H3. The monoisotopic (exact) mass is 198 g/mol. The minimum atomic E-state index is 0.202. The minimum Gasteiger partial charge on any atom is -0.495 e. The van der Waals surface area contributed by atoms with Crippen LogP contribution in [0.25, 0.3) is 0 Å². The summed E-state index contributed by atoms with van der Waals surface area (Å²) in [7, 11) is 0. The van der Waals surface area contributed by atoms with Gasteiger partial charge in [-0.2, -0.15) is 0 Å². The fourth-order valence-corrected chi connectivity index (χ4v) is 1.25. The summed E-state index contributed by atoms with van der Waals surface area (Å²) in [6.07, 6.45) is 2.56. The molecule has 0 spiro atoms. The summed E-state index contributed by atoms with van der Waals surface area (Å²) in [5.74, 6) is 1.33. The van der Waals surface area contributed by atoms with Crippen LogP contribution in [0.4, 0.5) is 0 Å². The molecule has 0 radical (unpaired) electrons. The Bertz CT molecular complexity index is 174. The molecule has 1 atom stereocenters. The van der Waals surface area contributed by atoms with Crippen LogP contribution in [0.5, 0.6) is 0 Å². The molecule has 0 rings (SSSR count). The SMILES string of the molecule is C=C(OC(CCC)C(C)(C)C)C(C)C. The van der Waals surface area contributed by atoms with Crippen molar-refractivity contribution in [3.63, 3.8) is 0 Å². The van der Waals surface area contributed by atoms with Crippen molar-refractivity contribution in [2.75, 3.05) is 0 Å². The van der Waals surface area contributed by atoms with Gasteiger partial charge >= 0.3 is 0 Å². The zero-order chi connectivity index (χ0) is 11.4. The first kappa shape index (κ1) is 13.5. The highest BCUT2D eigenvalue weighted by molar-refractivity contribution is 4.90. The Morgan fingerprint density at radius 1 is 1.29 bits per heavy atom. The molecule has 0 saturated carbocycles. The van der Waals surface area contributed by atoms with Gasteiger partial charge in [0, 0.05) is 5.92 Å². The summed E-state index contributed by atoms with van der Waals surface area (Å²) in [5.41, 5.74) is 0.202. The van der Waals surface area contributed by atoms with E-state index in [0.717, 1.165) is 18.6 Å². The van der Waals surface area contributed by atoms with E-state index in [9.17, 15) is 0 Å². The molecule has 0 aromatic rings. The molecular formula is C13H26O. The molecule has 84 valence electrons. The van der Waals surface area contributed by atoms with Crippen LogP contribution < -0.4 is 0 Å². The van der Waals surface area contributed by atoms with E-state index < -0.39 is 0 Å². The molecule has 1 heteroatoms. The van der Waals surface area contributed by atoms with Crippen molar-refractivity contribution in [2.24, 2.45) is 11.3 Å². The zero-order valence-corrected chi connectivity index (χ0v) is 10.7. The number of hydrogen-bond acceptors (Lipinski definition) is 1. The second-order valence-electron chi connectivity index (χ2n) is 5.38. The Balaban J connectivity index is 4.31. The van der Waals surface area contributed by atoms with Crippen LogP contribution in [0.3, 0.4) is 0 Å². The van der Waals surface area contributed by atoms with Gasteiger partial charge in [0.1, 0.15) is 6.10 Å². The van der Waals surface area contributed by atoms with E-state index in [1.807, 2.05) is 0 Å². The van der Waals surface area contributed by atoms with Crippen LogP contribution >= 0.6 is 0 Å². The smallest absolute Gasteiger partial charge is 0.103 e. The largest absolute Gasteiger partial charge is 0.495 e. The first-order chi connectivity index (χ1) is 6.29. The average molecular weight is 198 g/mol. The Hall–Kier alpha value is -0.460. The number of ether oxygens (including phenoxy) is 1. The first-order valence-electron chi connectivity index (χ1n) is 5.64. The molecule has 0 amide bonds. The highest BCUT2D eigenvalue weighted by Crippen LogP contribution is 2.28. The molecule has 1 unspecified atom stereocenters. The Kier molecular flexibility index (Phi) is 5.25. The van der Waals surface area contributed by atoms with Gasteiger partial charge < -0.3 is 4.74 Å². The molecule has 0 aliphatic carbocycles. The van der Waals surface area contributed by atoms with Gasteiger partial charge in [-0.15, -0.1) is 0 Å². The highest BCUT2D eigenvalue weighted by Gasteiger charge is 2.26. The Labute approximate surface area is 89.5 Å². The van der Waals surface area contributed by atoms with Crippen LogP contribution in [0.1, 0.15) is 54.4 Å². The molecule has 0 heterocycles. The molecule has 14 heavy (non-hydrogen) atoms. The Morgan fingerprint density at radius 3 is 2.07 bits per heavy atom. The third kappa shape index (κ3) is 4.69. The second-order valence-corrected chi connectivity index (χ2v) is 5.38. The van der Waals surface area contributed by atoms with Crippen LogP contribution in [-0.2, 0) is 4.74 Å². The summed E-state index contributed by atoms with van der Waals surface area (Å²) >= 11 is 0. The number of rotatable bonds is 5. The molecule has 0 fully saturated rings. The lowest BCUT2D eigenvalue weighted by atomic mass is 9.86. The molecule has 0 aromatic heterocycles. The normalized spacial score (nSPS) is 14.2. The molecule has 1 nitrogen and oxygen atoms in total. The maximum atomic E-state index is 5.92. The lowest BCUT2D eigenvalue weighted by Gasteiger charge is -2.32. The van der Waals surface area contributed by atoms with Gasteiger partial charge in [-0.1, -0.05) is 54.5 Å². The van der Waals surface area contributed by atoms with Crippen molar-refractivity contribution < 1.29 is 4.74 Å². The molecule has 0 aliphatic heterocycles. The van der Waals surface area contributed by atoms with E-state index in [1.165, 1.54) is 0 Å². The van der Waals surface area contributed by atoms with E-state index >= 15 is 0 Å². The van der Waals surface area contributed by atoms with Gasteiger partial charge in [0.05, 0.1) is 5.76 Å². The summed E-state index contributed by atoms with van der Waals surface area (Å²) in [5, 5.41) is 0. The molecule has 0 bridgehead atoms. The maximum Gasteiger partial charge on any atom is 0.103 e. The summed E-state index contributed by atoms with van der Waals surface area (Å²) < 4.78 is 5.92. The van der Waals surface area contributed by atoms with Crippen LogP contribution in [0.15, 0.2) is 12.3 Å². The zero-order valence-electron chi connectivity index (χ0n) is 10.7. The van der Waals surface area contributed by atoms with Crippen molar-refractivity contribution in [2.45, 2.75) is 60.5 Å². The molecule has 0 saturated heterocycles. The number of allylic oxidation sites excluding steroid dienone is 1. The van der Waals surface area contributed by atoms with Crippen molar-refractivity contribution in [1.29, 1.82) is 0 Å². The van der Waals surface area contributed by atoms with Gasteiger partial charge in [0.2, 0.25) is 0 Å². The predicted molar refractivity (Wildman–Crippen MR) is 63.2 cm³/mol. The van der Waals surface area contributed by atoms with Crippen LogP contribution in [0.2, 0.25) is 0 Å². The lowest BCUT2D eigenvalue weighted by Crippen LogP contribution is -2.29. The quantitative estimate of drug-likeness (QED) is 0.595. The first-order valence-corrected chi connectivity index (χ1v) is 5.64. The molecule has 0 aromatic carbocycles.